The maximum atomic E-state index is 13.4. The fourth-order valence-electron chi connectivity index (χ4n) is 3.81. The highest BCUT2D eigenvalue weighted by Gasteiger charge is 2.12. The van der Waals surface area contributed by atoms with E-state index in [4.69, 9.17) is 9.84 Å². The zero-order valence-electron chi connectivity index (χ0n) is 17.9. The first-order valence-electron chi connectivity index (χ1n) is 10.7. The van der Waals surface area contributed by atoms with Crippen molar-refractivity contribution in [1.29, 1.82) is 0 Å². The Bertz CT molecular complexity index is 1250. The second-order valence-electron chi connectivity index (χ2n) is 7.69. The van der Waals surface area contributed by atoms with Crippen molar-refractivity contribution in [3.05, 3.63) is 83.8 Å². The molecule has 0 saturated carbocycles. The largest absolute Gasteiger partial charge is 0.493 e. The summed E-state index contributed by atoms with van der Waals surface area (Å²) in [5, 5.41) is 14.5. The van der Waals surface area contributed by atoms with Crippen LogP contribution >= 0.6 is 0 Å². The predicted molar refractivity (Wildman–Crippen MR) is 122 cm³/mol. The minimum atomic E-state index is -0.824. The third-order valence-corrected chi connectivity index (χ3v) is 5.46. The average molecular weight is 432 g/mol. The number of hydrogen-bond donors (Lipinski definition) is 1. The molecule has 6 heteroatoms. The van der Waals surface area contributed by atoms with Gasteiger partial charge in [0.05, 0.1) is 18.3 Å². The minimum Gasteiger partial charge on any atom is -0.493 e. The molecule has 0 aliphatic carbocycles. The lowest BCUT2D eigenvalue weighted by Crippen LogP contribution is -2.04. The number of carboxylic acids is 1. The van der Waals surface area contributed by atoms with Gasteiger partial charge < -0.3 is 9.84 Å². The van der Waals surface area contributed by atoms with Gasteiger partial charge >= 0.3 is 5.97 Å². The van der Waals surface area contributed by atoms with Crippen LogP contribution in [0, 0.1) is 5.82 Å². The highest BCUT2D eigenvalue weighted by atomic mass is 19.1. The van der Waals surface area contributed by atoms with Crippen molar-refractivity contribution >= 4 is 16.9 Å². The van der Waals surface area contributed by atoms with E-state index in [0.717, 1.165) is 39.7 Å². The molecule has 0 amide bonds. The lowest BCUT2D eigenvalue weighted by Gasteiger charge is -2.14. The fraction of sp³-hybridized carbons (Fsp3) is 0.231. The van der Waals surface area contributed by atoms with Crippen molar-refractivity contribution < 1.29 is 19.0 Å². The summed E-state index contributed by atoms with van der Waals surface area (Å²) in [4.78, 5) is 11.0. The van der Waals surface area contributed by atoms with Gasteiger partial charge in [0.1, 0.15) is 11.6 Å². The molecule has 0 radical (unpaired) electrons. The van der Waals surface area contributed by atoms with Crippen molar-refractivity contribution in [2.24, 2.45) is 0 Å². The summed E-state index contributed by atoms with van der Waals surface area (Å²) in [7, 11) is 0. The lowest BCUT2D eigenvalue weighted by atomic mass is 9.99. The summed E-state index contributed by atoms with van der Waals surface area (Å²) in [6, 6.07) is 18.4. The van der Waals surface area contributed by atoms with Gasteiger partial charge in [0.15, 0.2) is 0 Å². The van der Waals surface area contributed by atoms with Gasteiger partial charge in [-0.15, -0.1) is 0 Å². The van der Waals surface area contributed by atoms with Crippen LogP contribution < -0.4 is 4.74 Å². The Labute approximate surface area is 186 Å². The summed E-state index contributed by atoms with van der Waals surface area (Å²) >= 11 is 0. The molecule has 0 bridgehead atoms. The van der Waals surface area contributed by atoms with E-state index >= 15 is 0 Å². The third kappa shape index (κ3) is 4.97. The first-order valence-corrected chi connectivity index (χ1v) is 10.7. The number of aliphatic carboxylic acids is 1. The van der Waals surface area contributed by atoms with Crippen LogP contribution in [0.1, 0.15) is 24.5 Å². The first-order chi connectivity index (χ1) is 15.5. The molecule has 1 heterocycles. The molecule has 164 valence electrons. The fourth-order valence-corrected chi connectivity index (χ4v) is 3.81. The Hall–Kier alpha value is -3.67. The van der Waals surface area contributed by atoms with Crippen molar-refractivity contribution in [3.63, 3.8) is 0 Å². The number of carbonyl (C=O) groups is 1. The van der Waals surface area contributed by atoms with E-state index in [-0.39, 0.29) is 12.2 Å². The number of rotatable bonds is 9. The van der Waals surface area contributed by atoms with E-state index in [9.17, 15) is 9.18 Å². The van der Waals surface area contributed by atoms with Gasteiger partial charge in [0, 0.05) is 30.3 Å². The summed E-state index contributed by atoms with van der Waals surface area (Å²) in [6.07, 6.45) is 2.95. The van der Waals surface area contributed by atoms with Gasteiger partial charge in [-0.25, -0.2) is 4.39 Å². The Morgan fingerprint density at radius 1 is 1.06 bits per heavy atom. The van der Waals surface area contributed by atoms with Crippen molar-refractivity contribution in [2.45, 2.75) is 32.7 Å². The normalized spacial score (nSPS) is 11.1. The maximum Gasteiger partial charge on any atom is 0.303 e. The molecule has 32 heavy (non-hydrogen) atoms. The predicted octanol–water partition coefficient (Wildman–Crippen LogP) is 5.50. The van der Waals surface area contributed by atoms with Crippen LogP contribution in [0.15, 0.2) is 66.9 Å². The minimum absolute atomic E-state index is 0.0710. The molecule has 1 N–H and O–H groups in total. The molecule has 0 fully saturated rings. The molecule has 3 aromatic carbocycles. The summed E-state index contributed by atoms with van der Waals surface area (Å²) in [5.41, 5.74) is 4.75. The standard InChI is InChI=1S/C26H25FN2O3/c1-2-29-24-9-8-20(16-21(24)17-28-29)23-15-19(7-11-26(30)31)6-10-25(23)32-13-12-18-4-3-5-22(27)14-18/h3-6,8-10,14-17H,2,7,11-13H2,1H3,(H,30,31). The molecule has 5 nitrogen and oxygen atoms in total. The Morgan fingerprint density at radius 2 is 1.91 bits per heavy atom. The smallest absolute Gasteiger partial charge is 0.303 e. The number of aryl methyl sites for hydroxylation is 2. The number of hydrogen-bond acceptors (Lipinski definition) is 3. The van der Waals surface area contributed by atoms with E-state index in [1.54, 1.807) is 6.07 Å². The first kappa shape index (κ1) is 21.6. The summed E-state index contributed by atoms with van der Waals surface area (Å²) in [5.74, 6) is -0.370. The lowest BCUT2D eigenvalue weighted by molar-refractivity contribution is -0.136. The van der Waals surface area contributed by atoms with Gasteiger partial charge in [0.2, 0.25) is 0 Å². The van der Waals surface area contributed by atoms with E-state index < -0.39 is 5.97 Å². The Morgan fingerprint density at radius 3 is 2.69 bits per heavy atom. The van der Waals surface area contributed by atoms with Crippen molar-refractivity contribution in [2.75, 3.05) is 6.61 Å². The number of aromatic nitrogens is 2. The highest BCUT2D eigenvalue weighted by molar-refractivity contribution is 5.86. The van der Waals surface area contributed by atoms with E-state index in [1.807, 2.05) is 47.3 Å². The summed E-state index contributed by atoms with van der Waals surface area (Å²) in [6.45, 7) is 3.25. The van der Waals surface area contributed by atoms with E-state index in [2.05, 4.69) is 18.1 Å². The Kier molecular flexibility index (Phi) is 6.50. The van der Waals surface area contributed by atoms with E-state index in [1.165, 1.54) is 12.1 Å². The second kappa shape index (κ2) is 9.64. The molecule has 0 unspecified atom stereocenters. The van der Waals surface area contributed by atoms with Crippen LogP contribution in [0.3, 0.4) is 0 Å². The molecule has 0 atom stereocenters. The van der Waals surface area contributed by atoms with Gasteiger partial charge in [-0.05, 0) is 66.4 Å². The van der Waals surface area contributed by atoms with Crippen LogP contribution in [0.4, 0.5) is 4.39 Å². The van der Waals surface area contributed by atoms with E-state index in [0.29, 0.717) is 25.2 Å². The molecular formula is C26H25FN2O3. The second-order valence-corrected chi connectivity index (χ2v) is 7.69. The number of fused-ring (bicyclic) bond motifs is 1. The molecule has 0 spiro atoms. The van der Waals surface area contributed by atoms with Crippen LogP contribution in [0.25, 0.3) is 22.0 Å². The van der Waals surface area contributed by atoms with Crippen LogP contribution in [-0.4, -0.2) is 27.5 Å². The average Bonchev–Trinajstić information content (AvgIpc) is 3.20. The highest BCUT2D eigenvalue weighted by Crippen LogP contribution is 2.33. The summed E-state index contributed by atoms with van der Waals surface area (Å²) < 4.78 is 21.5. The van der Waals surface area contributed by atoms with Gasteiger partial charge in [-0.1, -0.05) is 24.3 Å². The van der Waals surface area contributed by atoms with Gasteiger partial charge in [0.25, 0.3) is 0 Å². The monoisotopic (exact) mass is 432 g/mol. The quantitative estimate of drug-likeness (QED) is 0.379. The molecule has 1 aromatic heterocycles. The zero-order chi connectivity index (χ0) is 22.5. The molecular weight excluding hydrogens is 407 g/mol. The number of carboxylic acid groups (broad SMARTS) is 1. The van der Waals surface area contributed by atoms with Gasteiger partial charge in [-0.2, -0.15) is 5.10 Å². The van der Waals surface area contributed by atoms with Crippen LogP contribution in [-0.2, 0) is 24.2 Å². The molecule has 0 aliphatic heterocycles. The topological polar surface area (TPSA) is 64.4 Å². The molecule has 0 saturated heterocycles. The van der Waals surface area contributed by atoms with Crippen molar-refractivity contribution in [3.8, 4) is 16.9 Å². The Balaban J connectivity index is 1.62. The number of benzene rings is 3. The number of ether oxygens (including phenoxy) is 1. The van der Waals surface area contributed by atoms with Crippen molar-refractivity contribution in [1.82, 2.24) is 9.78 Å². The number of halogens is 1. The zero-order valence-corrected chi connectivity index (χ0v) is 17.9. The molecule has 4 rings (SSSR count). The number of nitrogens with zero attached hydrogens (tertiary/aromatic N) is 2. The molecule has 0 aliphatic rings. The van der Waals surface area contributed by atoms with Crippen LogP contribution in [0.2, 0.25) is 0 Å². The van der Waals surface area contributed by atoms with Gasteiger partial charge in [-0.3, -0.25) is 9.48 Å². The maximum absolute atomic E-state index is 13.4. The SMILES string of the molecule is CCn1ncc2cc(-c3cc(CCC(=O)O)ccc3OCCc3cccc(F)c3)ccc21. The third-order valence-electron chi connectivity index (χ3n) is 5.46. The molecule has 4 aromatic rings. The van der Waals surface area contributed by atoms with Crippen LogP contribution in [0.5, 0.6) is 5.75 Å².